The van der Waals surface area contributed by atoms with Gasteiger partial charge in [-0.1, -0.05) is 0 Å². The maximum absolute atomic E-state index is 12.1. The third-order valence-electron chi connectivity index (χ3n) is 2.82. The highest BCUT2D eigenvalue weighted by atomic mass is 19.4. The van der Waals surface area contributed by atoms with Gasteiger partial charge in [-0.3, -0.25) is 9.80 Å². The van der Waals surface area contributed by atoms with Crippen molar-refractivity contribution in [1.29, 1.82) is 5.26 Å². The molecule has 1 saturated heterocycles. The van der Waals surface area contributed by atoms with Crippen molar-refractivity contribution in [2.24, 2.45) is 0 Å². The summed E-state index contributed by atoms with van der Waals surface area (Å²) in [6, 6.07) is 2.22. The Morgan fingerprint density at radius 3 is 2.25 bits per heavy atom. The zero-order valence-electron chi connectivity index (χ0n) is 9.30. The first-order valence-corrected chi connectivity index (χ1v) is 5.32. The second kappa shape index (κ2) is 5.51. The summed E-state index contributed by atoms with van der Waals surface area (Å²) in [7, 11) is 0. The van der Waals surface area contributed by atoms with Gasteiger partial charge in [0.15, 0.2) is 0 Å². The lowest BCUT2D eigenvalue weighted by molar-refractivity contribution is -0.149. The third-order valence-corrected chi connectivity index (χ3v) is 2.82. The lowest BCUT2D eigenvalue weighted by Gasteiger charge is -2.37. The molecule has 0 aliphatic carbocycles. The lowest BCUT2D eigenvalue weighted by atomic mass is 10.2. The van der Waals surface area contributed by atoms with E-state index in [0.717, 1.165) is 0 Å². The predicted octanol–water partition coefficient (Wildman–Crippen LogP) is 1.47. The fourth-order valence-electron chi connectivity index (χ4n) is 1.88. The van der Waals surface area contributed by atoms with Gasteiger partial charge in [-0.25, -0.2) is 0 Å². The number of hydrogen-bond donors (Lipinski definition) is 0. The fourth-order valence-corrected chi connectivity index (χ4v) is 1.88. The minimum Gasteiger partial charge on any atom is -0.297 e. The molecular weight excluding hydrogens is 219 g/mol. The quantitative estimate of drug-likeness (QED) is 0.742. The first-order chi connectivity index (χ1) is 7.42. The molecule has 0 saturated carbocycles. The van der Waals surface area contributed by atoms with E-state index in [1.54, 1.807) is 0 Å². The van der Waals surface area contributed by atoms with E-state index in [1.165, 1.54) is 4.90 Å². The molecule has 92 valence electrons. The maximum atomic E-state index is 12.1. The zero-order valence-corrected chi connectivity index (χ0v) is 9.30. The average Bonchev–Trinajstić information content (AvgIpc) is 2.16. The Hall–Kier alpha value is -0.800. The van der Waals surface area contributed by atoms with E-state index in [1.807, 2.05) is 6.92 Å². The Morgan fingerprint density at radius 1 is 1.25 bits per heavy atom. The average molecular weight is 235 g/mol. The summed E-state index contributed by atoms with van der Waals surface area (Å²) < 4.78 is 36.4. The van der Waals surface area contributed by atoms with E-state index in [4.69, 9.17) is 5.26 Å². The van der Waals surface area contributed by atoms with E-state index >= 15 is 0 Å². The van der Waals surface area contributed by atoms with Crippen molar-refractivity contribution in [2.45, 2.75) is 25.6 Å². The molecule has 6 heteroatoms. The summed E-state index contributed by atoms with van der Waals surface area (Å²) in [5, 5.41) is 8.54. The highest BCUT2D eigenvalue weighted by Gasteiger charge is 2.32. The van der Waals surface area contributed by atoms with Gasteiger partial charge in [0, 0.05) is 32.2 Å². The van der Waals surface area contributed by atoms with E-state index < -0.39 is 12.7 Å². The van der Waals surface area contributed by atoms with Crippen LogP contribution in [0, 0.1) is 11.3 Å². The van der Waals surface area contributed by atoms with Gasteiger partial charge in [0.1, 0.15) is 0 Å². The molecule has 0 N–H and O–H groups in total. The van der Waals surface area contributed by atoms with Crippen molar-refractivity contribution in [3.63, 3.8) is 0 Å². The lowest BCUT2D eigenvalue weighted by Crippen LogP contribution is -2.51. The van der Waals surface area contributed by atoms with Crippen LogP contribution in [0.3, 0.4) is 0 Å². The minimum atomic E-state index is -4.11. The maximum Gasteiger partial charge on any atom is 0.401 e. The van der Waals surface area contributed by atoms with Crippen LogP contribution in [0.5, 0.6) is 0 Å². The van der Waals surface area contributed by atoms with Gasteiger partial charge in [-0.05, 0) is 6.92 Å². The van der Waals surface area contributed by atoms with Crippen molar-refractivity contribution in [1.82, 2.24) is 9.80 Å². The Labute approximate surface area is 93.4 Å². The third kappa shape index (κ3) is 4.37. The monoisotopic (exact) mass is 235 g/mol. The van der Waals surface area contributed by atoms with Crippen LogP contribution in [-0.4, -0.2) is 54.7 Å². The SMILES string of the molecule is CC(CC#N)N1CCN(CC(F)(F)F)CC1. The molecule has 1 aliphatic rings. The van der Waals surface area contributed by atoms with Crippen molar-refractivity contribution in [2.75, 3.05) is 32.7 Å². The number of piperazine rings is 1. The molecular formula is C10H16F3N3. The van der Waals surface area contributed by atoms with Crippen LogP contribution in [0.1, 0.15) is 13.3 Å². The number of hydrogen-bond acceptors (Lipinski definition) is 3. The normalized spacial score (nSPS) is 21.7. The molecule has 1 rings (SSSR count). The van der Waals surface area contributed by atoms with Crippen LogP contribution in [-0.2, 0) is 0 Å². The first kappa shape index (κ1) is 13.3. The van der Waals surface area contributed by atoms with Gasteiger partial charge in [-0.2, -0.15) is 18.4 Å². The van der Waals surface area contributed by atoms with Gasteiger partial charge in [0.05, 0.1) is 19.0 Å². The largest absolute Gasteiger partial charge is 0.401 e. The smallest absolute Gasteiger partial charge is 0.297 e. The minimum absolute atomic E-state index is 0.137. The Morgan fingerprint density at radius 2 is 1.81 bits per heavy atom. The molecule has 0 aromatic rings. The number of alkyl halides is 3. The number of rotatable bonds is 3. The van der Waals surface area contributed by atoms with Crippen LogP contribution in [0.4, 0.5) is 13.2 Å². The van der Waals surface area contributed by atoms with Gasteiger partial charge < -0.3 is 0 Å². The van der Waals surface area contributed by atoms with Crippen molar-refractivity contribution >= 4 is 0 Å². The van der Waals surface area contributed by atoms with Crippen molar-refractivity contribution in [3.05, 3.63) is 0 Å². The summed E-state index contributed by atoms with van der Waals surface area (Å²) in [6.07, 6.45) is -3.68. The van der Waals surface area contributed by atoms with Crippen molar-refractivity contribution < 1.29 is 13.2 Å². The number of halogens is 3. The van der Waals surface area contributed by atoms with Crippen LogP contribution >= 0.6 is 0 Å². The topological polar surface area (TPSA) is 30.3 Å². The molecule has 0 bridgehead atoms. The summed E-state index contributed by atoms with van der Waals surface area (Å²) >= 11 is 0. The highest BCUT2D eigenvalue weighted by molar-refractivity contribution is 4.83. The molecule has 0 aromatic carbocycles. The van der Waals surface area contributed by atoms with E-state index in [9.17, 15) is 13.2 Å². The second-order valence-corrected chi connectivity index (χ2v) is 4.14. The zero-order chi connectivity index (χ0) is 12.2. The molecule has 0 spiro atoms. The Balaban J connectivity index is 2.32. The van der Waals surface area contributed by atoms with Crippen LogP contribution < -0.4 is 0 Å². The molecule has 16 heavy (non-hydrogen) atoms. The summed E-state index contributed by atoms with van der Waals surface area (Å²) in [6.45, 7) is 3.18. The second-order valence-electron chi connectivity index (χ2n) is 4.14. The number of nitrogens with zero attached hydrogens (tertiary/aromatic N) is 3. The van der Waals surface area contributed by atoms with Gasteiger partial charge >= 0.3 is 6.18 Å². The fraction of sp³-hybridized carbons (Fsp3) is 0.900. The predicted molar refractivity (Wildman–Crippen MR) is 53.8 cm³/mol. The number of nitriles is 1. The molecule has 1 fully saturated rings. The summed E-state index contributed by atoms with van der Waals surface area (Å²) in [4.78, 5) is 3.48. The molecule has 1 unspecified atom stereocenters. The van der Waals surface area contributed by atoms with E-state index in [-0.39, 0.29) is 6.04 Å². The Kier molecular flexibility index (Phi) is 4.56. The molecule has 0 radical (unpaired) electrons. The molecule has 1 atom stereocenters. The first-order valence-electron chi connectivity index (χ1n) is 5.32. The summed E-state index contributed by atoms with van der Waals surface area (Å²) in [5.41, 5.74) is 0. The molecule has 0 aromatic heterocycles. The molecule has 1 heterocycles. The van der Waals surface area contributed by atoms with Gasteiger partial charge in [0.2, 0.25) is 0 Å². The van der Waals surface area contributed by atoms with Crippen LogP contribution in [0.15, 0.2) is 0 Å². The Bertz CT molecular complexity index is 251. The van der Waals surface area contributed by atoms with Crippen LogP contribution in [0.25, 0.3) is 0 Å². The standard InChI is InChI=1S/C10H16F3N3/c1-9(2-3-14)16-6-4-15(5-7-16)8-10(11,12)13/h9H,2,4-8H2,1H3. The summed E-state index contributed by atoms with van der Waals surface area (Å²) in [5.74, 6) is 0. The molecule has 0 amide bonds. The van der Waals surface area contributed by atoms with E-state index in [2.05, 4.69) is 11.0 Å². The van der Waals surface area contributed by atoms with Crippen molar-refractivity contribution in [3.8, 4) is 6.07 Å². The van der Waals surface area contributed by atoms with E-state index in [0.29, 0.717) is 32.6 Å². The molecule has 1 aliphatic heterocycles. The van der Waals surface area contributed by atoms with Gasteiger partial charge in [0.25, 0.3) is 0 Å². The van der Waals surface area contributed by atoms with Crippen LogP contribution in [0.2, 0.25) is 0 Å². The van der Waals surface area contributed by atoms with Gasteiger partial charge in [-0.15, -0.1) is 0 Å². The molecule has 3 nitrogen and oxygen atoms in total. The highest BCUT2D eigenvalue weighted by Crippen LogP contribution is 2.18.